The van der Waals surface area contributed by atoms with E-state index in [-0.39, 0.29) is 6.61 Å². The number of methoxy groups -OCH3 is 1. The molecule has 0 atom stereocenters. The van der Waals surface area contributed by atoms with Crippen molar-refractivity contribution in [2.75, 3.05) is 20.3 Å². The maximum atomic E-state index is 12.5. The van der Waals surface area contributed by atoms with Gasteiger partial charge in [0.2, 0.25) is 0 Å². The van der Waals surface area contributed by atoms with Crippen molar-refractivity contribution in [1.29, 1.82) is 0 Å². The van der Waals surface area contributed by atoms with Gasteiger partial charge in [-0.05, 0) is 11.6 Å². The summed E-state index contributed by atoms with van der Waals surface area (Å²) in [6.45, 7) is -0.248. The average Bonchev–Trinajstić information content (AvgIpc) is 3.10. The minimum absolute atomic E-state index is 0.296. The third kappa shape index (κ3) is 4.62. The molecule has 1 heterocycles. The van der Waals surface area contributed by atoms with E-state index in [1.165, 1.54) is 11.8 Å². The van der Waals surface area contributed by atoms with Crippen molar-refractivity contribution in [2.24, 2.45) is 0 Å². The third-order valence-electron chi connectivity index (χ3n) is 5.19. The molecule has 0 saturated carbocycles. The predicted molar refractivity (Wildman–Crippen MR) is 120 cm³/mol. The summed E-state index contributed by atoms with van der Waals surface area (Å²) < 4.78 is 74.8. The summed E-state index contributed by atoms with van der Waals surface area (Å²) in [7, 11) is -3.92. The Morgan fingerprint density at radius 1 is 0.970 bits per heavy atom. The van der Waals surface area contributed by atoms with E-state index in [2.05, 4.69) is 4.57 Å². The number of para-hydroxylation sites is 1. The number of hydrogen-bond acceptors (Lipinski definition) is 4. The van der Waals surface area contributed by atoms with Crippen LogP contribution in [0, 0.1) is 0 Å². The molecule has 33 heavy (non-hydrogen) atoms. The van der Waals surface area contributed by atoms with Crippen LogP contribution in [0.1, 0.15) is 5.56 Å². The first-order valence-electron chi connectivity index (χ1n) is 10.0. The molecule has 3 aromatic carbocycles. The molecule has 0 aliphatic rings. The van der Waals surface area contributed by atoms with Gasteiger partial charge in [0.25, 0.3) is 0 Å². The summed E-state index contributed by atoms with van der Waals surface area (Å²) in [5.74, 6) is 0.893. The molecule has 0 radical (unpaired) electrons. The summed E-state index contributed by atoms with van der Waals surface area (Å²) in [5, 5.41) is 1.66. The van der Waals surface area contributed by atoms with Crippen LogP contribution in [0.15, 0.2) is 66.7 Å². The zero-order valence-electron chi connectivity index (χ0n) is 17.6. The van der Waals surface area contributed by atoms with Crippen LogP contribution in [0.2, 0.25) is 0 Å². The molecule has 0 fully saturated rings. The molecule has 0 saturated heterocycles. The van der Waals surface area contributed by atoms with E-state index in [0.717, 1.165) is 27.4 Å². The summed E-state index contributed by atoms with van der Waals surface area (Å²) >= 11 is 0. The van der Waals surface area contributed by atoms with Crippen LogP contribution < -0.4 is 14.2 Å². The molecule has 4 rings (SSSR count). The highest BCUT2D eigenvalue weighted by Gasteiger charge is 2.45. The predicted octanol–water partition coefficient (Wildman–Crippen LogP) is 4.67. The summed E-state index contributed by atoms with van der Waals surface area (Å²) in [4.78, 5) is 0. The van der Waals surface area contributed by atoms with Crippen molar-refractivity contribution < 1.29 is 31.1 Å². The minimum atomic E-state index is -5.43. The molecule has 1 N–H and O–H groups in total. The molecule has 0 unspecified atom stereocenters. The Morgan fingerprint density at radius 2 is 1.67 bits per heavy atom. The topological polar surface area (TPSA) is 69.6 Å². The van der Waals surface area contributed by atoms with Crippen LogP contribution in [0.3, 0.4) is 0 Å². The second kappa shape index (κ2) is 8.95. The standard InChI is InChI=1S/C23H21F3N2O4S/c1-31-17-13-20-22(21(14-17)32-12-11-27-33(29,30)23(24,25)26)18-9-5-6-10-19(18)28(20)15-16-7-3-2-4-8-16/h2-10,13-14,27H,11-12,15H2,1H3. The van der Waals surface area contributed by atoms with Gasteiger partial charge < -0.3 is 14.0 Å². The van der Waals surface area contributed by atoms with E-state index in [1.807, 2.05) is 60.7 Å². The second-order valence-corrected chi connectivity index (χ2v) is 9.06. The Morgan fingerprint density at radius 3 is 2.36 bits per heavy atom. The van der Waals surface area contributed by atoms with Crippen LogP contribution in [0.4, 0.5) is 13.2 Å². The van der Waals surface area contributed by atoms with Gasteiger partial charge in [0.05, 0.1) is 12.6 Å². The van der Waals surface area contributed by atoms with Crippen molar-refractivity contribution in [1.82, 2.24) is 9.29 Å². The van der Waals surface area contributed by atoms with Gasteiger partial charge in [-0.3, -0.25) is 0 Å². The summed E-state index contributed by atoms with van der Waals surface area (Å²) in [6.07, 6.45) is 0. The normalized spacial score (nSPS) is 12.4. The summed E-state index contributed by atoms with van der Waals surface area (Å²) in [5.41, 5.74) is -2.51. The lowest BCUT2D eigenvalue weighted by atomic mass is 10.1. The number of rotatable bonds is 8. The number of ether oxygens (including phenoxy) is 2. The fourth-order valence-electron chi connectivity index (χ4n) is 3.70. The molecular weight excluding hydrogens is 457 g/mol. The Bertz CT molecular complexity index is 1380. The van der Waals surface area contributed by atoms with Crippen molar-refractivity contribution >= 4 is 31.8 Å². The molecular formula is C23H21F3N2O4S. The quantitative estimate of drug-likeness (QED) is 0.374. The average molecular weight is 478 g/mol. The Balaban J connectivity index is 1.72. The van der Waals surface area contributed by atoms with Crippen LogP contribution >= 0.6 is 0 Å². The largest absolute Gasteiger partial charge is 0.511 e. The van der Waals surface area contributed by atoms with Crippen LogP contribution in [-0.4, -0.2) is 38.8 Å². The fourth-order valence-corrected chi connectivity index (χ4v) is 4.21. The van der Waals surface area contributed by atoms with Crippen molar-refractivity contribution in [2.45, 2.75) is 12.1 Å². The fraction of sp³-hybridized carbons (Fsp3) is 0.217. The number of hydrogen-bond donors (Lipinski definition) is 1. The van der Waals surface area contributed by atoms with E-state index in [9.17, 15) is 21.6 Å². The van der Waals surface area contributed by atoms with Gasteiger partial charge in [0.1, 0.15) is 18.1 Å². The second-order valence-electron chi connectivity index (χ2n) is 7.30. The highest BCUT2D eigenvalue weighted by Crippen LogP contribution is 2.39. The monoisotopic (exact) mass is 478 g/mol. The molecule has 0 spiro atoms. The van der Waals surface area contributed by atoms with Gasteiger partial charge in [-0.15, -0.1) is 0 Å². The number of halogens is 3. The molecule has 0 aliphatic carbocycles. The van der Waals surface area contributed by atoms with Gasteiger partial charge in [-0.1, -0.05) is 48.5 Å². The zero-order chi connectivity index (χ0) is 23.6. The van der Waals surface area contributed by atoms with Gasteiger partial charge in [0, 0.05) is 41.5 Å². The van der Waals surface area contributed by atoms with Crippen LogP contribution in [-0.2, 0) is 16.6 Å². The smallest absolute Gasteiger partial charge is 0.497 e. The highest BCUT2D eigenvalue weighted by molar-refractivity contribution is 7.90. The van der Waals surface area contributed by atoms with E-state index in [4.69, 9.17) is 9.47 Å². The molecule has 174 valence electrons. The van der Waals surface area contributed by atoms with Crippen LogP contribution in [0.25, 0.3) is 21.8 Å². The van der Waals surface area contributed by atoms with E-state index in [1.54, 1.807) is 6.07 Å². The van der Waals surface area contributed by atoms with Gasteiger partial charge >= 0.3 is 15.5 Å². The molecule has 0 aliphatic heterocycles. The first-order chi connectivity index (χ1) is 15.7. The van der Waals surface area contributed by atoms with Crippen molar-refractivity contribution in [3.05, 3.63) is 72.3 Å². The first kappa shape index (κ1) is 22.9. The lowest BCUT2D eigenvalue weighted by Gasteiger charge is -2.13. The number of benzene rings is 3. The van der Waals surface area contributed by atoms with Gasteiger partial charge in [0.15, 0.2) is 0 Å². The first-order valence-corrected chi connectivity index (χ1v) is 11.5. The van der Waals surface area contributed by atoms with Crippen molar-refractivity contribution in [3.63, 3.8) is 0 Å². The molecule has 0 amide bonds. The minimum Gasteiger partial charge on any atom is -0.497 e. The van der Waals surface area contributed by atoms with E-state index < -0.39 is 22.1 Å². The number of nitrogens with one attached hydrogen (secondary N) is 1. The highest BCUT2D eigenvalue weighted by atomic mass is 32.2. The number of fused-ring (bicyclic) bond motifs is 3. The Hall–Kier alpha value is -3.24. The summed E-state index contributed by atoms with van der Waals surface area (Å²) in [6, 6.07) is 21.1. The zero-order valence-corrected chi connectivity index (χ0v) is 18.4. The lowest BCUT2D eigenvalue weighted by molar-refractivity contribution is -0.0448. The SMILES string of the molecule is COc1cc(OCCNS(=O)(=O)C(F)(F)F)c2c3ccccc3n(Cc3ccccc3)c2c1. The molecule has 6 nitrogen and oxygen atoms in total. The van der Waals surface area contributed by atoms with E-state index in [0.29, 0.717) is 18.0 Å². The maximum absolute atomic E-state index is 12.5. The number of aromatic nitrogens is 1. The molecule has 1 aromatic heterocycles. The lowest BCUT2D eigenvalue weighted by Crippen LogP contribution is -2.38. The molecule has 10 heteroatoms. The van der Waals surface area contributed by atoms with Gasteiger partial charge in [-0.2, -0.15) is 13.2 Å². The number of nitrogens with zero attached hydrogens (tertiary/aromatic N) is 1. The molecule has 0 bridgehead atoms. The number of alkyl halides is 3. The third-order valence-corrected chi connectivity index (χ3v) is 6.38. The van der Waals surface area contributed by atoms with Gasteiger partial charge in [-0.25, -0.2) is 13.1 Å². The van der Waals surface area contributed by atoms with Crippen molar-refractivity contribution in [3.8, 4) is 11.5 Å². The number of sulfonamides is 1. The maximum Gasteiger partial charge on any atom is 0.511 e. The van der Waals surface area contributed by atoms with Crippen LogP contribution in [0.5, 0.6) is 11.5 Å². The Labute approximate surface area is 188 Å². The van der Waals surface area contributed by atoms with E-state index >= 15 is 0 Å². The Kier molecular flexibility index (Phi) is 6.22. The molecule has 4 aromatic rings.